The van der Waals surface area contributed by atoms with Gasteiger partial charge >= 0.3 is 0 Å². The van der Waals surface area contributed by atoms with Crippen LogP contribution in [0.25, 0.3) is 27.9 Å². The molecule has 3 heterocycles. The van der Waals surface area contributed by atoms with Crippen LogP contribution in [0.4, 0.5) is 5.95 Å². The molecule has 0 N–H and O–H groups in total. The van der Waals surface area contributed by atoms with Crippen LogP contribution in [0.2, 0.25) is 5.02 Å². The van der Waals surface area contributed by atoms with E-state index < -0.39 is 0 Å². The number of anilines is 1. The first-order chi connectivity index (χ1) is 18.0. The van der Waals surface area contributed by atoms with E-state index in [-0.39, 0.29) is 5.91 Å². The van der Waals surface area contributed by atoms with Gasteiger partial charge in [0.15, 0.2) is 11.5 Å². The summed E-state index contributed by atoms with van der Waals surface area (Å²) in [7, 11) is 0. The third-order valence-electron chi connectivity index (χ3n) is 7.00. The number of amides is 1. The fourth-order valence-electron chi connectivity index (χ4n) is 5.08. The van der Waals surface area contributed by atoms with Crippen LogP contribution >= 0.6 is 11.6 Å². The van der Waals surface area contributed by atoms with Gasteiger partial charge in [-0.15, -0.1) is 10.2 Å². The van der Waals surface area contributed by atoms with Crippen molar-refractivity contribution in [2.24, 2.45) is 0 Å². The number of aromatic nitrogens is 4. The van der Waals surface area contributed by atoms with Gasteiger partial charge in [0, 0.05) is 47.7 Å². The summed E-state index contributed by atoms with van der Waals surface area (Å²) in [5.41, 5.74) is 5.40. The number of fused-ring (bicyclic) bond motifs is 3. The summed E-state index contributed by atoms with van der Waals surface area (Å²) < 4.78 is 2.05. The average Bonchev–Trinajstić information content (AvgIpc) is 3.19. The highest BCUT2D eigenvalue weighted by molar-refractivity contribution is 6.31. The lowest BCUT2D eigenvalue weighted by Crippen LogP contribution is -2.36. The molecule has 2 aromatic heterocycles. The smallest absolute Gasteiger partial charge is 0.254 e. The molecule has 6 rings (SSSR count). The van der Waals surface area contributed by atoms with Crippen molar-refractivity contribution in [2.75, 3.05) is 31.1 Å². The predicted molar refractivity (Wildman–Crippen MR) is 147 cm³/mol. The molecule has 1 saturated heterocycles. The van der Waals surface area contributed by atoms with Crippen LogP contribution in [0.1, 0.15) is 27.9 Å². The molecule has 3 aromatic carbocycles. The summed E-state index contributed by atoms with van der Waals surface area (Å²) in [6.45, 7) is 6.76. The largest absolute Gasteiger partial charge is 0.340 e. The number of hydrogen-bond donors (Lipinski definition) is 0. The Labute approximate surface area is 220 Å². The van der Waals surface area contributed by atoms with Crippen LogP contribution in [0, 0.1) is 13.8 Å². The van der Waals surface area contributed by atoms with E-state index in [1.165, 1.54) is 0 Å². The highest BCUT2D eigenvalue weighted by Gasteiger charge is 2.25. The average molecular weight is 511 g/mol. The summed E-state index contributed by atoms with van der Waals surface area (Å²) in [6.07, 6.45) is 0.830. The summed E-state index contributed by atoms with van der Waals surface area (Å²) in [6, 6.07) is 21.7. The van der Waals surface area contributed by atoms with Crippen molar-refractivity contribution in [1.29, 1.82) is 0 Å². The van der Waals surface area contributed by atoms with Crippen LogP contribution in [0.5, 0.6) is 0 Å². The molecule has 8 heteroatoms. The fraction of sp³-hybridized carbons (Fsp3) is 0.241. The number of carbonyl (C=O) groups excluding carboxylic acids is 1. The molecule has 37 heavy (non-hydrogen) atoms. The summed E-state index contributed by atoms with van der Waals surface area (Å²) in [4.78, 5) is 22.6. The van der Waals surface area contributed by atoms with Gasteiger partial charge in [-0.25, -0.2) is 9.38 Å². The molecule has 186 valence electrons. The molecule has 0 atom stereocenters. The van der Waals surface area contributed by atoms with E-state index in [1.807, 2.05) is 70.8 Å². The van der Waals surface area contributed by atoms with Crippen LogP contribution in [0.15, 0.2) is 66.7 Å². The Morgan fingerprint density at radius 2 is 1.76 bits per heavy atom. The molecule has 0 unspecified atom stereocenters. The van der Waals surface area contributed by atoms with Crippen LogP contribution in [0.3, 0.4) is 0 Å². The second kappa shape index (κ2) is 9.48. The molecule has 0 spiro atoms. The normalized spacial score (nSPS) is 14.4. The maximum atomic E-state index is 13.3. The van der Waals surface area contributed by atoms with Crippen molar-refractivity contribution < 1.29 is 4.79 Å². The van der Waals surface area contributed by atoms with Crippen molar-refractivity contribution in [3.63, 3.8) is 0 Å². The van der Waals surface area contributed by atoms with Gasteiger partial charge in [0.25, 0.3) is 5.91 Å². The van der Waals surface area contributed by atoms with E-state index in [0.29, 0.717) is 24.7 Å². The first kappa shape index (κ1) is 23.4. The molecule has 1 fully saturated rings. The van der Waals surface area contributed by atoms with E-state index >= 15 is 0 Å². The highest BCUT2D eigenvalue weighted by atomic mass is 35.5. The second-order valence-electron chi connectivity index (χ2n) is 9.57. The molecule has 0 bridgehead atoms. The minimum Gasteiger partial charge on any atom is -0.340 e. The minimum atomic E-state index is 0.0769. The van der Waals surface area contributed by atoms with Gasteiger partial charge in [0.2, 0.25) is 5.95 Å². The molecule has 0 saturated carbocycles. The Balaban J connectivity index is 1.43. The Bertz CT molecular complexity index is 1640. The molecular weight excluding hydrogens is 484 g/mol. The maximum absolute atomic E-state index is 13.3. The maximum Gasteiger partial charge on any atom is 0.254 e. The Kier molecular flexibility index (Phi) is 6.00. The van der Waals surface area contributed by atoms with E-state index in [1.54, 1.807) is 0 Å². The lowest BCUT2D eigenvalue weighted by molar-refractivity contribution is 0.0766. The third kappa shape index (κ3) is 4.29. The first-order valence-corrected chi connectivity index (χ1v) is 12.9. The number of hydrogen-bond acceptors (Lipinski definition) is 5. The van der Waals surface area contributed by atoms with Gasteiger partial charge in [-0.3, -0.25) is 4.79 Å². The Hall–Kier alpha value is -3.97. The topological polar surface area (TPSA) is 66.6 Å². The van der Waals surface area contributed by atoms with Crippen LogP contribution in [-0.2, 0) is 0 Å². The molecule has 0 aliphatic carbocycles. The lowest BCUT2D eigenvalue weighted by atomic mass is 10.1. The number of rotatable bonds is 3. The lowest BCUT2D eigenvalue weighted by Gasteiger charge is -2.24. The van der Waals surface area contributed by atoms with E-state index in [9.17, 15) is 4.79 Å². The van der Waals surface area contributed by atoms with E-state index in [0.717, 1.165) is 63.5 Å². The number of benzene rings is 3. The molecule has 7 nitrogen and oxygen atoms in total. The van der Waals surface area contributed by atoms with Gasteiger partial charge in [0.1, 0.15) is 0 Å². The zero-order valence-electron chi connectivity index (χ0n) is 20.9. The number of halogens is 1. The molecule has 1 aliphatic heterocycles. The van der Waals surface area contributed by atoms with E-state index in [2.05, 4.69) is 34.2 Å². The van der Waals surface area contributed by atoms with Gasteiger partial charge in [-0.05, 0) is 56.2 Å². The number of carbonyl (C=O) groups is 1. The monoisotopic (exact) mass is 510 g/mol. The van der Waals surface area contributed by atoms with Crippen molar-refractivity contribution >= 4 is 40.0 Å². The predicted octanol–water partition coefficient (Wildman–Crippen LogP) is 5.57. The van der Waals surface area contributed by atoms with E-state index in [4.69, 9.17) is 16.6 Å². The standard InChI is InChI=1S/C29H27ClN6O/c1-19-7-5-9-21(17-19)26-32-33-27-24-12-11-22(30)18-25(24)31-29(36(26)27)35-14-6-13-34(15-16-35)28(37)23-10-4-3-8-20(23)2/h3-5,7-12,17-18H,6,13-16H2,1-2H3. The van der Waals surface area contributed by atoms with Crippen molar-refractivity contribution in [3.05, 3.63) is 88.4 Å². The van der Waals surface area contributed by atoms with Gasteiger partial charge in [-0.1, -0.05) is 53.6 Å². The fourth-order valence-corrected chi connectivity index (χ4v) is 5.25. The number of nitrogens with zero attached hydrogens (tertiary/aromatic N) is 6. The highest BCUT2D eigenvalue weighted by Crippen LogP contribution is 2.30. The van der Waals surface area contributed by atoms with Gasteiger partial charge in [0.05, 0.1) is 5.52 Å². The summed E-state index contributed by atoms with van der Waals surface area (Å²) in [5, 5.41) is 10.7. The minimum absolute atomic E-state index is 0.0769. The quantitative estimate of drug-likeness (QED) is 0.317. The molecular formula is C29H27ClN6O. The molecule has 1 amide bonds. The van der Waals surface area contributed by atoms with Crippen molar-refractivity contribution in [2.45, 2.75) is 20.3 Å². The zero-order valence-corrected chi connectivity index (χ0v) is 21.6. The van der Waals surface area contributed by atoms with Crippen molar-refractivity contribution in [1.82, 2.24) is 24.5 Å². The molecule has 5 aromatic rings. The summed E-state index contributed by atoms with van der Waals surface area (Å²) in [5.74, 6) is 1.58. The third-order valence-corrected chi connectivity index (χ3v) is 7.24. The van der Waals surface area contributed by atoms with Crippen molar-refractivity contribution in [3.8, 4) is 11.4 Å². The SMILES string of the molecule is Cc1cccc(-c2nnc3c4ccc(Cl)cc4nc(N4CCCN(C(=O)c5ccccc5C)CC4)n23)c1. The Morgan fingerprint density at radius 3 is 2.59 bits per heavy atom. The van der Waals surface area contributed by atoms with Gasteiger partial charge < -0.3 is 9.80 Å². The van der Waals surface area contributed by atoms with Crippen LogP contribution in [-0.4, -0.2) is 56.6 Å². The second-order valence-corrected chi connectivity index (χ2v) is 10.0. The zero-order chi connectivity index (χ0) is 25.5. The summed E-state index contributed by atoms with van der Waals surface area (Å²) >= 11 is 6.34. The molecule has 1 aliphatic rings. The van der Waals surface area contributed by atoms with Crippen LogP contribution < -0.4 is 4.90 Å². The number of aryl methyl sites for hydroxylation is 2. The molecule has 0 radical (unpaired) electrons. The van der Waals surface area contributed by atoms with Gasteiger partial charge in [-0.2, -0.15) is 0 Å². The Morgan fingerprint density at radius 1 is 0.892 bits per heavy atom. The first-order valence-electron chi connectivity index (χ1n) is 12.5.